The number of hydrogen-bond donors (Lipinski definition) is 2. The molecular weight excluding hydrogens is 532 g/mol. The Bertz CT molecular complexity index is 938. The minimum Gasteiger partial charge on any atom is -0.493 e. The van der Waals surface area contributed by atoms with Gasteiger partial charge in [-0.25, -0.2) is 5.43 Å². The molecule has 0 radical (unpaired) electrons. The third-order valence-corrected chi connectivity index (χ3v) is 5.22. The van der Waals surface area contributed by atoms with E-state index in [1.807, 2.05) is 6.07 Å². The van der Waals surface area contributed by atoms with Crippen LogP contribution in [0.25, 0.3) is 0 Å². The zero-order valence-corrected chi connectivity index (χ0v) is 19.3. The lowest BCUT2D eigenvalue weighted by atomic mass is 10.2. The van der Waals surface area contributed by atoms with Crippen LogP contribution in [0.2, 0.25) is 10.0 Å². The number of amides is 2. The second-order valence-electron chi connectivity index (χ2n) is 5.67. The molecule has 0 saturated carbocycles. The summed E-state index contributed by atoms with van der Waals surface area (Å²) in [4.78, 5) is 23.9. The number of halogens is 3. The highest BCUT2D eigenvalue weighted by atomic mass is 127. The highest BCUT2D eigenvalue weighted by Gasteiger charge is 2.10. The van der Waals surface area contributed by atoms with Crippen LogP contribution in [0.3, 0.4) is 0 Å². The SMILES string of the molecule is COc1cc(C=NNC(=O)CCNC(=O)c2ccc(Cl)c(Cl)c2)cc(I)c1OC. The second-order valence-corrected chi connectivity index (χ2v) is 7.64. The molecule has 0 bridgehead atoms. The van der Waals surface area contributed by atoms with E-state index in [9.17, 15) is 9.59 Å². The first kappa shape index (κ1) is 23.2. The predicted octanol–water partition coefficient (Wildman–Crippen LogP) is 3.89. The van der Waals surface area contributed by atoms with Crippen molar-refractivity contribution >= 4 is 63.8 Å². The zero-order chi connectivity index (χ0) is 21.4. The molecule has 0 spiro atoms. The average Bonchev–Trinajstić information content (AvgIpc) is 2.69. The van der Waals surface area contributed by atoms with E-state index in [2.05, 4.69) is 38.4 Å². The minimum absolute atomic E-state index is 0.0634. The van der Waals surface area contributed by atoms with Gasteiger partial charge in [0.1, 0.15) is 0 Å². The van der Waals surface area contributed by atoms with Crippen LogP contribution < -0.4 is 20.2 Å². The van der Waals surface area contributed by atoms with E-state index in [1.165, 1.54) is 18.3 Å². The van der Waals surface area contributed by atoms with Gasteiger partial charge in [-0.1, -0.05) is 23.2 Å². The zero-order valence-electron chi connectivity index (χ0n) is 15.6. The van der Waals surface area contributed by atoms with Crippen molar-refractivity contribution in [1.82, 2.24) is 10.7 Å². The Kier molecular flexibility index (Phi) is 8.99. The summed E-state index contributed by atoms with van der Waals surface area (Å²) >= 11 is 13.8. The van der Waals surface area contributed by atoms with Crippen LogP contribution in [0.4, 0.5) is 0 Å². The molecule has 0 fully saturated rings. The van der Waals surface area contributed by atoms with Crippen molar-refractivity contribution in [3.05, 3.63) is 55.1 Å². The maximum Gasteiger partial charge on any atom is 0.251 e. The maximum absolute atomic E-state index is 12.0. The van der Waals surface area contributed by atoms with Crippen LogP contribution in [-0.4, -0.2) is 38.8 Å². The van der Waals surface area contributed by atoms with Gasteiger partial charge < -0.3 is 14.8 Å². The molecule has 0 unspecified atom stereocenters. The summed E-state index contributed by atoms with van der Waals surface area (Å²) in [6.07, 6.45) is 1.56. The molecule has 0 saturated heterocycles. The first-order chi connectivity index (χ1) is 13.8. The number of carbonyl (C=O) groups excluding carboxylic acids is 2. The largest absolute Gasteiger partial charge is 0.493 e. The Hall–Kier alpha value is -2.04. The Labute approximate surface area is 191 Å². The summed E-state index contributed by atoms with van der Waals surface area (Å²) in [5.41, 5.74) is 3.51. The fourth-order valence-corrected chi connectivity index (χ4v) is 3.42. The van der Waals surface area contributed by atoms with E-state index in [0.29, 0.717) is 22.1 Å². The van der Waals surface area contributed by atoms with Crippen LogP contribution >= 0.6 is 45.8 Å². The summed E-state index contributed by atoms with van der Waals surface area (Å²) in [6, 6.07) is 8.14. The summed E-state index contributed by atoms with van der Waals surface area (Å²) in [5, 5.41) is 7.21. The lowest BCUT2D eigenvalue weighted by molar-refractivity contribution is -0.120. The topological polar surface area (TPSA) is 89.0 Å². The van der Waals surface area contributed by atoms with Crippen LogP contribution in [0.5, 0.6) is 11.5 Å². The molecule has 0 heterocycles. The quantitative estimate of drug-likeness (QED) is 0.297. The summed E-state index contributed by atoms with van der Waals surface area (Å²) in [6.45, 7) is 0.148. The van der Waals surface area contributed by atoms with Crippen molar-refractivity contribution in [2.45, 2.75) is 6.42 Å². The Morgan fingerprint density at radius 3 is 2.55 bits per heavy atom. The molecule has 2 amide bonds. The summed E-state index contributed by atoms with van der Waals surface area (Å²) in [7, 11) is 3.11. The molecular formula is C19H18Cl2IN3O4. The first-order valence-electron chi connectivity index (χ1n) is 8.32. The van der Waals surface area contributed by atoms with E-state index in [-0.39, 0.29) is 29.8 Å². The van der Waals surface area contributed by atoms with Gasteiger partial charge in [0.15, 0.2) is 11.5 Å². The summed E-state index contributed by atoms with van der Waals surface area (Å²) < 4.78 is 11.4. The number of ether oxygens (including phenoxy) is 2. The van der Waals surface area contributed by atoms with E-state index in [0.717, 1.165) is 9.13 Å². The molecule has 0 aliphatic heterocycles. The number of hydrazone groups is 1. The monoisotopic (exact) mass is 549 g/mol. The van der Waals surface area contributed by atoms with Gasteiger partial charge in [0.2, 0.25) is 5.91 Å². The van der Waals surface area contributed by atoms with Crippen LogP contribution in [0, 0.1) is 3.57 Å². The van der Waals surface area contributed by atoms with E-state index < -0.39 is 0 Å². The fraction of sp³-hybridized carbons (Fsp3) is 0.211. The molecule has 0 aliphatic rings. The predicted molar refractivity (Wildman–Crippen MR) is 121 cm³/mol. The highest BCUT2D eigenvalue weighted by Crippen LogP contribution is 2.33. The van der Waals surface area contributed by atoms with Gasteiger partial charge in [0, 0.05) is 18.5 Å². The number of benzene rings is 2. The van der Waals surface area contributed by atoms with Crippen molar-refractivity contribution in [1.29, 1.82) is 0 Å². The van der Waals surface area contributed by atoms with E-state index in [1.54, 1.807) is 26.4 Å². The standard InChI is InChI=1S/C19H18Cl2IN3O4/c1-28-16-8-11(7-15(22)18(16)29-2)10-24-25-17(26)5-6-23-19(27)12-3-4-13(20)14(21)9-12/h3-4,7-10H,5-6H2,1-2H3,(H,23,27)(H,25,26). The number of rotatable bonds is 8. The number of methoxy groups -OCH3 is 2. The van der Waals surface area contributed by atoms with Gasteiger partial charge in [0.25, 0.3) is 5.91 Å². The lowest BCUT2D eigenvalue weighted by Crippen LogP contribution is -2.29. The van der Waals surface area contributed by atoms with Gasteiger partial charge in [0.05, 0.1) is 34.0 Å². The molecule has 2 aromatic rings. The average molecular weight is 550 g/mol. The molecule has 29 heavy (non-hydrogen) atoms. The molecule has 7 nitrogen and oxygen atoms in total. The minimum atomic E-state index is -0.347. The lowest BCUT2D eigenvalue weighted by Gasteiger charge is -2.10. The maximum atomic E-state index is 12.0. The van der Waals surface area contributed by atoms with Gasteiger partial charge in [-0.2, -0.15) is 5.10 Å². The molecule has 10 heteroatoms. The molecule has 0 aliphatic carbocycles. The van der Waals surface area contributed by atoms with Gasteiger partial charge >= 0.3 is 0 Å². The second kappa shape index (κ2) is 11.2. The third-order valence-electron chi connectivity index (χ3n) is 3.68. The number of nitrogens with one attached hydrogen (secondary N) is 2. The molecule has 0 atom stereocenters. The van der Waals surface area contributed by atoms with Gasteiger partial charge in [-0.3, -0.25) is 9.59 Å². The van der Waals surface area contributed by atoms with Crippen LogP contribution in [0.15, 0.2) is 35.4 Å². The smallest absolute Gasteiger partial charge is 0.251 e. The Balaban J connectivity index is 1.83. The normalized spacial score (nSPS) is 10.7. The van der Waals surface area contributed by atoms with Crippen LogP contribution in [-0.2, 0) is 4.79 Å². The van der Waals surface area contributed by atoms with E-state index in [4.69, 9.17) is 32.7 Å². The number of carbonyl (C=O) groups is 2. The first-order valence-corrected chi connectivity index (χ1v) is 10.2. The van der Waals surface area contributed by atoms with Crippen molar-refractivity contribution in [2.24, 2.45) is 5.10 Å². The van der Waals surface area contributed by atoms with Crippen molar-refractivity contribution in [3.63, 3.8) is 0 Å². The van der Waals surface area contributed by atoms with Crippen molar-refractivity contribution in [3.8, 4) is 11.5 Å². The Morgan fingerprint density at radius 1 is 1.14 bits per heavy atom. The Morgan fingerprint density at radius 2 is 1.90 bits per heavy atom. The van der Waals surface area contributed by atoms with Crippen molar-refractivity contribution < 1.29 is 19.1 Å². The number of nitrogens with zero attached hydrogens (tertiary/aromatic N) is 1. The third kappa shape index (κ3) is 6.76. The molecule has 2 aromatic carbocycles. The molecule has 154 valence electrons. The van der Waals surface area contributed by atoms with E-state index >= 15 is 0 Å². The molecule has 2 N–H and O–H groups in total. The highest BCUT2D eigenvalue weighted by molar-refractivity contribution is 14.1. The van der Waals surface area contributed by atoms with Crippen molar-refractivity contribution in [2.75, 3.05) is 20.8 Å². The van der Waals surface area contributed by atoms with Crippen LogP contribution in [0.1, 0.15) is 22.3 Å². The van der Waals surface area contributed by atoms with Gasteiger partial charge in [-0.05, 0) is 58.5 Å². The van der Waals surface area contributed by atoms with Gasteiger partial charge in [-0.15, -0.1) is 0 Å². The fourth-order valence-electron chi connectivity index (χ4n) is 2.28. The summed E-state index contributed by atoms with van der Waals surface area (Å²) in [5.74, 6) is 0.509. The number of hydrogen-bond acceptors (Lipinski definition) is 5. The molecule has 2 rings (SSSR count). The molecule has 0 aromatic heterocycles.